The Balaban J connectivity index is 1.49. The topological polar surface area (TPSA) is 104 Å². The largest absolute Gasteiger partial charge is 0.493 e. The molecule has 3 aromatic carbocycles. The summed E-state index contributed by atoms with van der Waals surface area (Å²) in [5, 5.41) is 11.2. The maximum atomic E-state index is 13.0. The van der Waals surface area contributed by atoms with Gasteiger partial charge < -0.3 is 24.7 Å². The van der Waals surface area contributed by atoms with Crippen LogP contribution >= 0.6 is 34.5 Å². The van der Waals surface area contributed by atoms with Crippen LogP contribution in [-0.4, -0.2) is 19.7 Å². The maximum Gasteiger partial charge on any atom is 0.355 e. The van der Waals surface area contributed by atoms with Gasteiger partial charge >= 0.3 is 5.97 Å². The number of thiophene rings is 1. The second-order valence-corrected chi connectivity index (χ2v) is 10.2. The molecule has 10 heteroatoms. The molecule has 2 heterocycles. The molecular formula is C29H20Cl2N2O5S. The number of hydrogen-bond acceptors (Lipinski definition) is 8. The Morgan fingerprint density at radius 3 is 2.74 bits per heavy atom. The zero-order chi connectivity index (χ0) is 27.7. The molecular weight excluding hydrogens is 559 g/mol. The third-order valence-electron chi connectivity index (χ3n) is 6.07. The van der Waals surface area contributed by atoms with Gasteiger partial charge in [-0.1, -0.05) is 54.1 Å². The van der Waals surface area contributed by atoms with Gasteiger partial charge in [-0.2, -0.15) is 5.26 Å². The summed E-state index contributed by atoms with van der Waals surface area (Å²) in [6.45, 7) is 3.97. The molecule has 39 heavy (non-hydrogen) atoms. The van der Waals surface area contributed by atoms with Gasteiger partial charge in [-0.25, -0.2) is 4.79 Å². The van der Waals surface area contributed by atoms with Gasteiger partial charge in [0.05, 0.1) is 23.1 Å². The molecule has 4 aromatic rings. The molecule has 0 aliphatic carbocycles. The molecule has 1 aliphatic rings. The number of nitrogens with two attached hydrogens (primary N) is 1. The quantitative estimate of drug-likeness (QED) is 0.140. The van der Waals surface area contributed by atoms with Crippen molar-refractivity contribution < 1.29 is 23.7 Å². The number of nitriles is 1. The molecule has 0 fully saturated rings. The molecule has 7 nitrogen and oxygen atoms in total. The number of methoxy groups -OCH3 is 1. The van der Waals surface area contributed by atoms with Crippen LogP contribution in [0.2, 0.25) is 10.0 Å². The van der Waals surface area contributed by atoms with Crippen molar-refractivity contribution in [3.63, 3.8) is 0 Å². The minimum absolute atomic E-state index is 0.0494. The summed E-state index contributed by atoms with van der Waals surface area (Å²) in [5.41, 5.74) is 7.79. The van der Waals surface area contributed by atoms with Crippen molar-refractivity contribution in [2.75, 3.05) is 13.7 Å². The number of carbonyl (C=O) groups is 1. The molecule has 2 N–H and O–H groups in total. The van der Waals surface area contributed by atoms with E-state index < -0.39 is 11.9 Å². The zero-order valence-electron chi connectivity index (χ0n) is 20.5. The minimum Gasteiger partial charge on any atom is -0.493 e. The fourth-order valence-electron chi connectivity index (χ4n) is 4.33. The molecule has 1 aromatic heterocycles. The van der Waals surface area contributed by atoms with E-state index in [1.165, 1.54) is 18.4 Å². The number of allylic oxidation sites excluding steroid dienone is 1. The van der Waals surface area contributed by atoms with Crippen LogP contribution in [-0.2, 0) is 0 Å². The van der Waals surface area contributed by atoms with Gasteiger partial charge in [-0.05, 0) is 35.9 Å². The van der Waals surface area contributed by atoms with E-state index in [1.54, 1.807) is 48.5 Å². The van der Waals surface area contributed by atoms with E-state index in [9.17, 15) is 10.1 Å². The van der Waals surface area contributed by atoms with Gasteiger partial charge in [0, 0.05) is 21.7 Å². The van der Waals surface area contributed by atoms with E-state index in [0.717, 1.165) is 10.3 Å². The summed E-state index contributed by atoms with van der Waals surface area (Å²) >= 11 is 13.9. The normalized spacial score (nSPS) is 14.3. The third-order valence-corrected chi connectivity index (χ3v) is 8.01. The number of esters is 1. The molecule has 1 unspecified atom stereocenters. The number of carbonyl (C=O) groups excluding carboxylic acids is 1. The lowest BCUT2D eigenvalue weighted by Gasteiger charge is -2.27. The number of nitrogens with zero attached hydrogens (tertiary/aromatic N) is 1. The number of rotatable bonds is 7. The Morgan fingerprint density at radius 1 is 1.21 bits per heavy atom. The Kier molecular flexibility index (Phi) is 7.40. The molecule has 5 rings (SSSR count). The second kappa shape index (κ2) is 10.9. The van der Waals surface area contributed by atoms with Crippen molar-refractivity contribution >= 4 is 50.6 Å². The summed E-state index contributed by atoms with van der Waals surface area (Å²) in [5.74, 6) is 0.355. The Morgan fingerprint density at radius 2 is 2.03 bits per heavy atom. The SMILES string of the molecule is C=CCOc1ccc(C2C(C#N)=C(N)Oc3cc(OC(=O)c4sc5cccc(Cl)c5c4Cl)ccc32)cc1OC. The highest BCUT2D eigenvalue weighted by atomic mass is 35.5. The lowest BCUT2D eigenvalue weighted by atomic mass is 9.83. The highest BCUT2D eigenvalue weighted by molar-refractivity contribution is 7.21. The molecule has 196 valence electrons. The summed E-state index contributed by atoms with van der Waals surface area (Å²) < 4.78 is 23.3. The first-order valence-corrected chi connectivity index (χ1v) is 13.1. The van der Waals surface area contributed by atoms with Crippen molar-refractivity contribution in [1.29, 1.82) is 5.26 Å². The zero-order valence-corrected chi connectivity index (χ0v) is 22.8. The summed E-state index contributed by atoms with van der Waals surface area (Å²) in [6, 6.07) is 17.7. The lowest BCUT2D eigenvalue weighted by molar-refractivity contribution is 0.0740. The lowest BCUT2D eigenvalue weighted by Crippen LogP contribution is -2.21. The Hall–Kier alpha value is -4.16. The highest BCUT2D eigenvalue weighted by Gasteiger charge is 2.32. The highest BCUT2D eigenvalue weighted by Crippen LogP contribution is 2.45. The van der Waals surface area contributed by atoms with Crippen LogP contribution < -0.4 is 24.7 Å². The van der Waals surface area contributed by atoms with E-state index in [2.05, 4.69) is 12.6 Å². The van der Waals surface area contributed by atoms with Crippen LogP contribution in [0.1, 0.15) is 26.7 Å². The van der Waals surface area contributed by atoms with Crippen molar-refractivity contribution in [3.8, 4) is 29.1 Å². The van der Waals surface area contributed by atoms with Gasteiger partial charge in [-0.15, -0.1) is 11.3 Å². The number of benzene rings is 3. The van der Waals surface area contributed by atoms with Crippen LogP contribution in [0.5, 0.6) is 23.0 Å². The fourth-order valence-corrected chi connectivity index (χ4v) is 6.15. The average Bonchev–Trinajstić information content (AvgIpc) is 3.28. The maximum absolute atomic E-state index is 13.0. The molecule has 0 saturated carbocycles. The van der Waals surface area contributed by atoms with Gasteiger partial charge in [0.1, 0.15) is 34.6 Å². The molecule has 0 amide bonds. The van der Waals surface area contributed by atoms with Crippen molar-refractivity contribution in [2.45, 2.75) is 5.92 Å². The van der Waals surface area contributed by atoms with Gasteiger partial charge in [-0.3, -0.25) is 0 Å². The van der Waals surface area contributed by atoms with Crippen molar-refractivity contribution in [2.24, 2.45) is 5.73 Å². The molecule has 0 saturated heterocycles. The van der Waals surface area contributed by atoms with Crippen LogP contribution in [0.3, 0.4) is 0 Å². The predicted molar refractivity (Wildman–Crippen MR) is 151 cm³/mol. The number of halogens is 2. The van der Waals surface area contributed by atoms with E-state index in [4.69, 9.17) is 47.9 Å². The summed E-state index contributed by atoms with van der Waals surface area (Å²) in [4.78, 5) is 13.3. The molecule has 1 aliphatic heterocycles. The predicted octanol–water partition coefficient (Wildman–Crippen LogP) is 7.22. The van der Waals surface area contributed by atoms with E-state index in [-0.39, 0.29) is 27.1 Å². The Labute approximate surface area is 238 Å². The van der Waals surface area contributed by atoms with Crippen LogP contribution in [0.15, 0.2) is 78.7 Å². The van der Waals surface area contributed by atoms with E-state index >= 15 is 0 Å². The van der Waals surface area contributed by atoms with Crippen LogP contribution in [0.25, 0.3) is 10.1 Å². The second-order valence-electron chi connectivity index (χ2n) is 8.38. The van der Waals surface area contributed by atoms with Crippen LogP contribution in [0.4, 0.5) is 0 Å². The van der Waals surface area contributed by atoms with E-state index in [1.807, 2.05) is 12.1 Å². The average molecular weight is 579 g/mol. The van der Waals surface area contributed by atoms with Crippen molar-refractivity contribution in [1.82, 2.24) is 0 Å². The summed E-state index contributed by atoms with van der Waals surface area (Å²) in [6.07, 6.45) is 1.63. The smallest absolute Gasteiger partial charge is 0.355 e. The first kappa shape index (κ1) is 26.4. The first-order chi connectivity index (χ1) is 18.9. The van der Waals surface area contributed by atoms with Gasteiger partial charge in [0.2, 0.25) is 5.88 Å². The van der Waals surface area contributed by atoms with Crippen LogP contribution in [0, 0.1) is 11.3 Å². The number of ether oxygens (including phenoxy) is 4. The summed E-state index contributed by atoms with van der Waals surface area (Å²) in [7, 11) is 1.53. The van der Waals surface area contributed by atoms with Gasteiger partial charge in [0.15, 0.2) is 11.5 Å². The molecule has 0 radical (unpaired) electrons. The fraction of sp³-hybridized carbons (Fsp3) is 0.103. The molecule has 0 bridgehead atoms. The molecule has 0 spiro atoms. The standard InChI is InChI=1S/C29H20Cl2N2O5S/c1-3-11-36-20-10-7-15(12-22(20)35-2)24-17-9-8-16(13-21(17)38-28(33)18(24)14-32)37-29(34)27-26(31)25-19(30)5-4-6-23(25)39-27/h3-10,12-13,24H,1,11,33H2,2H3. The Bertz CT molecular complexity index is 1710. The monoisotopic (exact) mass is 578 g/mol. The number of fused-ring (bicyclic) bond motifs is 2. The third kappa shape index (κ3) is 4.88. The minimum atomic E-state index is -0.634. The number of hydrogen-bond donors (Lipinski definition) is 1. The van der Waals surface area contributed by atoms with Gasteiger partial charge in [0.25, 0.3) is 0 Å². The first-order valence-electron chi connectivity index (χ1n) is 11.6. The van der Waals surface area contributed by atoms with Crippen molar-refractivity contribution in [3.05, 3.63) is 105 Å². The molecule has 1 atom stereocenters. The van der Waals surface area contributed by atoms with E-state index in [0.29, 0.717) is 39.8 Å².